The Kier molecular flexibility index (Phi) is 3.86. The van der Waals surface area contributed by atoms with Crippen molar-refractivity contribution in [3.05, 3.63) is 34.3 Å². The maximum absolute atomic E-state index is 11.9. The molecular weight excluding hydrogens is 254 g/mol. The monoisotopic (exact) mass is 267 g/mol. The third kappa shape index (κ3) is 2.89. The van der Waals surface area contributed by atoms with E-state index < -0.39 is 0 Å². The molecule has 0 saturated heterocycles. The van der Waals surface area contributed by atoms with Crippen LogP contribution in [0, 0.1) is 5.92 Å². The predicted molar refractivity (Wildman–Crippen MR) is 69.3 cm³/mol. The van der Waals surface area contributed by atoms with Gasteiger partial charge < -0.3 is 5.32 Å². The average molecular weight is 267 g/mol. The lowest BCUT2D eigenvalue weighted by Gasteiger charge is -2.20. The standard InChI is InChI=1S/C11H13N3OS2/c1-7(2)10(9-4-3-5-16-9)13-11(15)8-6-12-17-14-8/h3-7,10H,1-2H3,(H,13,15). The van der Waals surface area contributed by atoms with Crippen LogP contribution in [0.3, 0.4) is 0 Å². The first-order valence-electron chi connectivity index (χ1n) is 5.30. The number of nitrogens with one attached hydrogen (secondary N) is 1. The number of rotatable bonds is 4. The first kappa shape index (κ1) is 12.2. The van der Waals surface area contributed by atoms with Crippen LogP contribution in [0.5, 0.6) is 0 Å². The van der Waals surface area contributed by atoms with Gasteiger partial charge in [0.1, 0.15) is 0 Å². The summed E-state index contributed by atoms with van der Waals surface area (Å²) in [7, 11) is 0. The highest BCUT2D eigenvalue weighted by atomic mass is 32.1. The second-order valence-corrected chi connectivity index (χ2v) is 5.54. The number of nitrogens with zero attached hydrogens (tertiary/aromatic N) is 2. The molecular formula is C11H13N3OS2. The fourth-order valence-corrected chi connectivity index (χ4v) is 2.88. The Hall–Kier alpha value is -1.27. The Balaban J connectivity index is 2.12. The summed E-state index contributed by atoms with van der Waals surface area (Å²) in [6.45, 7) is 4.17. The molecule has 0 aliphatic rings. The lowest BCUT2D eigenvalue weighted by Crippen LogP contribution is -2.31. The second kappa shape index (κ2) is 5.37. The highest BCUT2D eigenvalue weighted by molar-refractivity contribution is 7.10. The summed E-state index contributed by atoms with van der Waals surface area (Å²) < 4.78 is 7.76. The minimum Gasteiger partial charge on any atom is -0.343 e. The normalized spacial score (nSPS) is 12.6. The highest BCUT2D eigenvalue weighted by Crippen LogP contribution is 2.25. The first-order valence-corrected chi connectivity index (χ1v) is 6.91. The summed E-state index contributed by atoms with van der Waals surface area (Å²) in [6, 6.07) is 4.06. The van der Waals surface area contributed by atoms with Gasteiger partial charge in [-0.25, -0.2) is 0 Å². The molecule has 4 nitrogen and oxygen atoms in total. The summed E-state index contributed by atoms with van der Waals surface area (Å²) in [5.41, 5.74) is 0.386. The first-order chi connectivity index (χ1) is 8.18. The average Bonchev–Trinajstić information content (AvgIpc) is 2.97. The topological polar surface area (TPSA) is 54.9 Å². The Morgan fingerprint density at radius 1 is 1.47 bits per heavy atom. The molecule has 0 fully saturated rings. The van der Waals surface area contributed by atoms with E-state index in [4.69, 9.17) is 0 Å². The van der Waals surface area contributed by atoms with Crippen molar-refractivity contribution in [1.82, 2.24) is 14.1 Å². The molecule has 0 spiro atoms. The molecule has 2 rings (SSSR count). The molecule has 2 aromatic heterocycles. The van der Waals surface area contributed by atoms with E-state index in [0.717, 1.165) is 16.6 Å². The van der Waals surface area contributed by atoms with E-state index in [0.29, 0.717) is 11.6 Å². The van der Waals surface area contributed by atoms with E-state index in [1.807, 2.05) is 17.5 Å². The van der Waals surface area contributed by atoms with Crippen LogP contribution in [0.4, 0.5) is 0 Å². The molecule has 1 amide bonds. The largest absolute Gasteiger partial charge is 0.343 e. The van der Waals surface area contributed by atoms with Gasteiger partial charge in [-0.3, -0.25) is 4.79 Å². The van der Waals surface area contributed by atoms with Crippen LogP contribution >= 0.6 is 23.1 Å². The third-order valence-electron chi connectivity index (χ3n) is 2.40. The van der Waals surface area contributed by atoms with Crippen LogP contribution in [0.25, 0.3) is 0 Å². The minimum absolute atomic E-state index is 0.0317. The number of hydrogen-bond donors (Lipinski definition) is 1. The number of hydrogen-bond acceptors (Lipinski definition) is 5. The van der Waals surface area contributed by atoms with E-state index in [2.05, 4.69) is 27.9 Å². The quantitative estimate of drug-likeness (QED) is 0.926. The summed E-state index contributed by atoms with van der Waals surface area (Å²) in [6.07, 6.45) is 1.49. The Morgan fingerprint density at radius 2 is 2.29 bits per heavy atom. The van der Waals surface area contributed by atoms with E-state index in [1.54, 1.807) is 11.3 Å². The Morgan fingerprint density at radius 3 is 2.82 bits per heavy atom. The lowest BCUT2D eigenvalue weighted by atomic mass is 10.0. The molecule has 6 heteroatoms. The van der Waals surface area contributed by atoms with Crippen LogP contribution in [-0.4, -0.2) is 14.7 Å². The molecule has 0 aliphatic heterocycles. The molecule has 0 aliphatic carbocycles. The van der Waals surface area contributed by atoms with Gasteiger partial charge >= 0.3 is 0 Å². The third-order valence-corrected chi connectivity index (χ3v) is 3.83. The summed E-state index contributed by atoms with van der Waals surface area (Å²) >= 11 is 2.69. The molecule has 2 heterocycles. The Labute approximate surface area is 108 Å². The zero-order chi connectivity index (χ0) is 12.3. The molecule has 90 valence electrons. The smallest absolute Gasteiger partial charge is 0.273 e. The zero-order valence-corrected chi connectivity index (χ0v) is 11.2. The van der Waals surface area contributed by atoms with Crippen LogP contribution in [0.2, 0.25) is 0 Å². The van der Waals surface area contributed by atoms with Crippen molar-refractivity contribution in [2.45, 2.75) is 19.9 Å². The molecule has 0 aromatic carbocycles. The van der Waals surface area contributed by atoms with Gasteiger partial charge in [0.2, 0.25) is 0 Å². The van der Waals surface area contributed by atoms with Gasteiger partial charge in [0.25, 0.3) is 5.91 Å². The lowest BCUT2D eigenvalue weighted by molar-refractivity contribution is 0.0922. The van der Waals surface area contributed by atoms with Gasteiger partial charge in [-0.15, -0.1) is 11.3 Å². The maximum Gasteiger partial charge on any atom is 0.273 e. The molecule has 2 aromatic rings. The van der Waals surface area contributed by atoms with Crippen molar-refractivity contribution in [1.29, 1.82) is 0 Å². The van der Waals surface area contributed by atoms with Crippen molar-refractivity contribution in [3.63, 3.8) is 0 Å². The molecule has 1 unspecified atom stereocenters. The van der Waals surface area contributed by atoms with Crippen molar-refractivity contribution in [3.8, 4) is 0 Å². The van der Waals surface area contributed by atoms with Gasteiger partial charge in [0, 0.05) is 4.88 Å². The van der Waals surface area contributed by atoms with Crippen LogP contribution in [0.15, 0.2) is 23.7 Å². The molecule has 0 radical (unpaired) electrons. The van der Waals surface area contributed by atoms with Gasteiger partial charge in [0.05, 0.1) is 24.0 Å². The van der Waals surface area contributed by atoms with E-state index >= 15 is 0 Å². The van der Waals surface area contributed by atoms with Crippen LogP contribution in [-0.2, 0) is 0 Å². The number of amides is 1. The van der Waals surface area contributed by atoms with Crippen molar-refractivity contribution < 1.29 is 4.79 Å². The van der Waals surface area contributed by atoms with Crippen LogP contribution < -0.4 is 5.32 Å². The van der Waals surface area contributed by atoms with Gasteiger partial charge in [-0.2, -0.15) is 8.75 Å². The minimum atomic E-state index is -0.161. The zero-order valence-electron chi connectivity index (χ0n) is 9.58. The number of carbonyl (C=O) groups excluding carboxylic acids is 1. The molecule has 0 bridgehead atoms. The molecule has 0 saturated carbocycles. The van der Waals surface area contributed by atoms with Gasteiger partial charge in [-0.05, 0) is 17.4 Å². The van der Waals surface area contributed by atoms with E-state index in [-0.39, 0.29) is 11.9 Å². The number of carbonyl (C=O) groups is 1. The SMILES string of the molecule is CC(C)C(NC(=O)c1cnsn1)c1cccs1. The highest BCUT2D eigenvalue weighted by Gasteiger charge is 2.20. The van der Waals surface area contributed by atoms with Crippen molar-refractivity contribution >= 4 is 29.0 Å². The fourth-order valence-electron chi connectivity index (χ4n) is 1.51. The number of aromatic nitrogens is 2. The van der Waals surface area contributed by atoms with Crippen LogP contribution in [0.1, 0.15) is 35.3 Å². The second-order valence-electron chi connectivity index (χ2n) is 4.00. The molecule has 1 N–H and O–H groups in total. The van der Waals surface area contributed by atoms with Crippen molar-refractivity contribution in [2.75, 3.05) is 0 Å². The summed E-state index contributed by atoms with van der Waals surface area (Å²) in [5.74, 6) is 0.176. The summed E-state index contributed by atoms with van der Waals surface area (Å²) in [5, 5.41) is 5.01. The van der Waals surface area contributed by atoms with Gasteiger partial charge in [-0.1, -0.05) is 19.9 Å². The predicted octanol–water partition coefficient (Wildman–Crippen LogP) is 2.73. The molecule has 17 heavy (non-hydrogen) atoms. The van der Waals surface area contributed by atoms with Gasteiger partial charge in [0.15, 0.2) is 5.69 Å². The van der Waals surface area contributed by atoms with E-state index in [9.17, 15) is 4.79 Å². The number of thiophene rings is 1. The fraction of sp³-hybridized carbons (Fsp3) is 0.364. The maximum atomic E-state index is 11.9. The summed E-state index contributed by atoms with van der Waals surface area (Å²) in [4.78, 5) is 13.1. The van der Waals surface area contributed by atoms with Crippen molar-refractivity contribution in [2.24, 2.45) is 5.92 Å². The van der Waals surface area contributed by atoms with E-state index in [1.165, 1.54) is 6.20 Å². The Bertz CT molecular complexity index is 465. The molecule has 1 atom stereocenters.